The van der Waals surface area contributed by atoms with Crippen molar-refractivity contribution in [3.8, 4) is 0 Å². The molecule has 3 nitrogen and oxygen atoms in total. The highest BCUT2D eigenvalue weighted by atomic mass is 16.5. The predicted molar refractivity (Wildman–Crippen MR) is 78.0 cm³/mol. The maximum atomic E-state index is 5.58. The highest BCUT2D eigenvalue weighted by Gasteiger charge is 2.21. The summed E-state index contributed by atoms with van der Waals surface area (Å²) in [5.74, 6) is 0.809. The van der Waals surface area contributed by atoms with E-state index in [4.69, 9.17) is 4.74 Å². The van der Waals surface area contributed by atoms with Gasteiger partial charge in [0.05, 0.1) is 6.61 Å². The van der Waals surface area contributed by atoms with E-state index in [1.54, 1.807) is 0 Å². The molecule has 1 N–H and O–H groups in total. The highest BCUT2D eigenvalue weighted by Crippen LogP contribution is 2.16. The first-order chi connectivity index (χ1) is 8.51. The lowest BCUT2D eigenvalue weighted by molar-refractivity contribution is 0.0840. The summed E-state index contributed by atoms with van der Waals surface area (Å²) in [5, 5.41) is 3.63. The molecule has 0 bridgehead atoms. The van der Waals surface area contributed by atoms with Gasteiger partial charge in [0.2, 0.25) is 0 Å². The van der Waals surface area contributed by atoms with E-state index >= 15 is 0 Å². The molecule has 0 saturated carbocycles. The van der Waals surface area contributed by atoms with Gasteiger partial charge < -0.3 is 15.0 Å². The number of hydrogen-bond donors (Lipinski definition) is 1. The zero-order chi connectivity index (χ0) is 13.4. The van der Waals surface area contributed by atoms with Crippen LogP contribution in [0.25, 0.3) is 0 Å². The minimum absolute atomic E-state index is 0.243. The van der Waals surface area contributed by atoms with Crippen LogP contribution in [0.1, 0.15) is 47.0 Å². The molecule has 1 unspecified atom stereocenters. The van der Waals surface area contributed by atoms with Gasteiger partial charge in [-0.25, -0.2) is 0 Å². The second-order valence-corrected chi connectivity index (χ2v) is 6.55. The largest absolute Gasteiger partial charge is 0.380 e. The third-order valence-electron chi connectivity index (χ3n) is 3.42. The van der Waals surface area contributed by atoms with E-state index < -0.39 is 0 Å². The number of hydrogen-bond acceptors (Lipinski definition) is 3. The van der Waals surface area contributed by atoms with E-state index in [0.717, 1.165) is 38.6 Å². The molecule has 18 heavy (non-hydrogen) atoms. The van der Waals surface area contributed by atoms with Crippen molar-refractivity contribution in [1.82, 2.24) is 10.2 Å². The number of likely N-dealkylation sites (tertiary alicyclic amines) is 1. The Kier molecular flexibility index (Phi) is 7.20. The van der Waals surface area contributed by atoms with Gasteiger partial charge in [0, 0.05) is 25.2 Å². The summed E-state index contributed by atoms with van der Waals surface area (Å²) in [6.45, 7) is 15.4. The summed E-state index contributed by atoms with van der Waals surface area (Å²) in [7, 11) is 0. The molecule has 0 radical (unpaired) electrons. The summed E-state index contributed by atoms with van der Waals surface area (Å²) >= 11 is 0. The Morgan fingerprint density at radius 3 is 2.72 bits per heavy atom. The van der Waals surface area contributed by atoms with Crippen molar-refractivity contribution >= 4 is 0 Å². The van der Waals surface area contributed by atoms with Crippen LogP contribution in [0.5, 0.6) is 0 Å². The van der Waals surface area contributed by atoms with Crippen molar-refractivity contribution in [2.45, 2.75) is 52.5 Å². The normalized spacial score (nSPS) is 22.3. The van der Waals surface area contributed by atoms with Crippen LogP contribution in [0.15, 0.2) is 0 Å². The molecule has 0 amide bonds. The van der Waals surface area contributed by atoms with Gasteiger partial charge in [-0.05, 0) is 59.0 Å². The SMILES string of the molecule is CCCOCCN1CCCC(CNC(C)(C)C)C1. The first-order valence-corrected chi connectivity index (χ1v) is 7.56. The lowest BCUT2D eigenvalue weighted by atomic mass is 9.96. The van der Waals surface area contributed by atoms with Crippen molar-refractivity contribution in [3.63, 3.8) is 0 Å². The third-order valence-corrected chi connectivity index (χ3v) is 3.42. The fourth-order valence-corrected chi connectivity index (χ4v) is 2.41. The molecule has 1 fully saturated rings. The van der Waals surface area contributed by atoms with Crippen LogP contribution in [-0.2, 0) is 4.74 Å². The monoisotopic (exact) mass is 256 g/mol. The van der Waals surface area contributed by atoms with Gasteiger partial charge >= 0.3 is 0 Å². The Labute approximate surface area is 113 Å². The molecule has 1 rings (SSSR count). The van der Waals surface area contributed by atoms with Crippen LogP contribution in [0.4, 0.5) is 0 Å². The molecule has 1 aliphatic rings. The highest BCUT2D eigenvalue weighted by molar-refractivity contribution is 4.78. The molecule has 0 spiro atoms. The topological polar surface area (TPSA) is 24.5 Å². The fourth-order valence-electron chi connectivity index (χ4n) is 2.41. The number of piperidine rings is 1. The minimum Gasteiger partial charge on any atom is -0.380 e. The van der Waals surface area contributed by atoms with Crippen LogP contribution in [0.2, 0.25) is 0 Å². The van der Waals surface area contributed by atoms with Gasteiger partial charge in [-0.3, -0.25) is 0 Å². The number of rotatable bonds is 7. The maximum absolute atomic E-state index is 5.58. The Balaban J connectivity index is 2.15. The van der Waals surface area contributed by atoms with Crippen molar-refractivity contribution in [2.24, 2.45) is 5.92 Å². The Morgan fingerprint density at radius 1 is 1.28 bits per heavy atom. The number of nitrogens with zero attached hydrogens (tertiary/aromatic N) is 1. The van der Waals surface area contributed by atoms with Gasteiger partial charge in [-0.2, -0.15) is 0 Å². The van der Waals surface area contributed by atoms with Crippen molar-refractivity contribution in [1.29, 1.82) is 0 Å². The molecule has 0 aromatic heterocycles. The summed E-state index contributed by atoms with van der Waals surface area (Å²) < 4.78 is 5.58. The van der Waals surface area contributed by atoms with Crippen LogP contribution < -0.4 is 5.32 Å². The first-order valence-electron chi connectivity index (χ1n) is 7.56. The van der Waals surface area contributed by atoms with Gasteiger partial charge in [-0.1, -0.05) is 6.92 Å². The lowest BCUT2D eigenvalue weighted by Gasteiger charge is -2.34. The van der Waals surface area contributed by atoms with Gasteiger partial charge in [0.15, 0.2) is 0 Å². The predicted octanol–water partition coefficient (Wildman–Crippen LogP) is 2.51. The molecule has 1 atom stereocenters. The number of ether oxygens (including phenoxy) is 1. The molecule has 0 aromatic rings. The Hall–Kier alpha value is -0.120. The summed E-state index contributed by atoms with van der Waals surface area (Å²) in [6.07, 6.45) is 3.83. The molecule has 1 heterocycles. The smallest absolute Gasteiger partial charge is 0.0593 e. The molecule has 0 aliphatic carbocycles. The van der Waals surface area contributed by atoms with E-state index in [1.807, 2.05) is 0 Å². The van der Waals surface area contributed by atoms with Crippen LogP contribution in [-0.4, -0.2) is 49.8 Å². The minimum atomic E-state index is 0.243. The fraction of sp³-hybridized carbons (Fsp3) is 1.00. The third kappa shape index (κ3) is 7.34. The molecular formula is C15H32N2O. The van der Waals surface area contributed by atoms with E-state index in [-0.39, 0.29) is 5.54 Å². The van der Waals surface area contributed by atoms with E-state index in [2.05, 4.69) is 37.9 Å². The Bertz CT molecular complexity index is 213. The van der Waals surface area contributed by atoms with Crippen LogP contribution in [0.3, 0.4) is 0 Å². The summed E-state index contributed by atoms with van der Waals surface area (Å²) in [6, 6.07) is 0. The molecule has 3 heteroatoms. The zero-order valence-electron chi connectivity index (χ0n) is 12.8. The van der Waals surface area contributed by atoms with Crippen molar-refractivity contribution < 1.29 is 4.74 Å². The van der Waals surface area contributed by atoms with Gasteiger partial charge in [0.1, 0.15) is 0 Å². The Morgan fingerprint density at radius 2 is 2.06 bits per heavy atom. The van der Waals surface area contributed by atoms with Gasteiger partial charge in [0.25, 0.3) is 0 Å². The second kappa shape index (κ2) is 8.13. The van der Waals surface area contributed by atoms with Gasteiger partial charge in [-0.15, -0.1) is 0 Å². The average Bonchev–Trinajstić information content (AvgIpc) is 2.32. The van der Waals surface area contributed by atoms with Crippen LogP contribution >= 0.6 is 0 Å². The van der Waals surface area contributed by atoms with Crippen LogP contribution in [0, 0.1) is 5.92 Å². The molecule has 1 aliphatic heterocycles. The van der Waals surface area contributed by atoms with Crippen molar-refractivity contribution in [2.75, 3.05) is 39.4 Å². The summed E-state index contributed by atoms with van der Waals surface area (Å²) in [4.78, 5) is 2.56. The molecule has 1 saturated heterocycles. The van der Waals surface area contributed by atoms with E-state index in [0.29, 0.717) is 0 Å². The van der Waals surface area contributed by atoms with Crippen molar-refractivity contribution in [3.05, 3.63) is 0 Å². The summed E-state index contributed by atoms with van der Waals surface area (Å²) in [5.41, 5.74) is 0.243. The quantitative estimate of drug-likeness (QED) is 0.708. The maximum Gasteiger partial charge on any atom is 0.0593 e. The first kappa shape index (κ1) is 15.9. The van der Waals surface area contributed by atoms with E-state index in [9.17, 15) is 0 Å². The second-order valence-electron chi connectivity index (χ2n) is 6.55. The standard InChI is InChI=1S/C15H32N2O/c1-5-10-18-11-9-17-8-6-7-14(13-17)12-16-15(2,3)4/h14,16H,5-13H2,1-4H3. The molecule has 108 valence electrons. The molecule has 0 aromatic carbocycles. The zero-order valence-corrected chi connectivity index (χ0v) is 12.8. The average molecular weight is 256 g/mol. The lowest BCUT2D eigenvalue weighted by Crippen LogP contribution is -2.45. The number of nitrogens with one attached hydrogen (secondary N) is 1. The molecular weight excluding hydrogens is 224 g/mol. The van der Waals surface area contributed by atoms with E-state index in [1.165, 1.54) is 25.9 Å².